The van der Waals surface area contributed by atoms with Crippen molar-refractivity contribution < 1.29 is 14.3 Å². The maximum atomic E-state index is 12.7. The summed E-state index contributed by atoms with van der Waals surface area (Å²) in [4.78, 5) is 29.7. The number of morpholine rings is 1. The first-order chi connectivity index (χ1) is 14.6. The topological polar surface area (TPSA) is 103 Å². The van der Waals surface area contributed by atoms with Gasteiger partial charge in [0.25, 0.3) is 0 Å². The number of nitrogens with two attached hydrogens (primary N) is 1. The second-order valence-corrected chi connectivity index (χ2v) is 6.83. The van der Waals surface area contributed by atoms with E-state index in [1.54, 1.807) is 28.1 Å². The van der Waals surface area contributed by atoms with Crippen LogP contribution in [0.15, 0.2) is 67.1 Å². The highest BCUT2D eigenvalue weighted by Crippen LogP contribution is 2.24. The maximum Gasteiger partial charge on any atom is 0.248 e. The lowest BCUT2D eigenvalue weighted by Gasteiger charge is -2.30. The lowest BCUT2D eigenvalue weighted by molar-refractivity contribution is -0.142. The third-order valence-corrected chi connectivity index (χ3v) is 4.80. The van der Waals surface area contributed by atoms with Crippen molar-refractivity contribution in [1.82, 2.24) is 19.7 Å². The van der Waals surface area contributed by atoms with E-state index in [4.69, 9.17) is 15.6 Å². The number of pyridine rings is 1. The van der Waals surface area contributed by atoms with Crippen LogP contribution in [0.3, 0.4) is 0 Å². The molecule has 30 heavy (non-hydrogen) atoms. The van der Waals surface area contributed by atoms with E-state index in [0.29, 0.717) is 12.2 Å². The maximum absolute atomic E-state index is 12.7. The van der Waals surface area contributed by atoms with Crippen molar-refractivity contribution in [3.05, 3.63) is 72.7 Å². The summed E-state index contributed by atoms with van der Waals surface area (Å²) in [5, 5.41) is 4.70. The number of primary amides is 1. The van der Waals surface area contributed by atoms with Gasteiger partial charge in [-0.05, 0) is 30.3 Å². The molecule has 0 spiro atoms. The van der Waals surface area contributed by atoms with Crippen LogP contribution in [0, 0.1) is 0 Å². The fourth-order valence-corrected chi connectivity index (χ4v) is 3.24. The van der Waals surface area contributed by atoms with Gasteiger partial charge in [-0.25, -0.2) is 4.68 Å². The normalized spacial score (nSPS) is 16.7. The van der Waals surface area contributed by atoms with Crippen molar-refractivity contribution in [3.63, 3.8) is 0 Å². The highest BCUT2D eigenvalue weighted by atomic mass is 16.5. The monoisotopic (exact) mass is 403 g/mol. The number of carbonyl (C=O) groups excluding carboxylic acids is 2. The number of ether oxygens (including phenoxy) is 1. The number of nitrogens with zero attached hydrogens (tertiary/aromatic N) is 4. The van der Waals surface area contributed by atoms with E-state index in [1.807, 2.05) is 48.7 Å². The molecule has 8 heteroatoms. The van der Waals surface area contributed by atoms with Crippen LogP contribution in [0.4, 0.5) is 0 Å². The van der Waals surface area contributed by atoms with Gasteiger partial charge in [0, 0.05) is 42.3 Å². The van der Waals surface area contributed by atoms with E-state index in [9.17, 15) is 9.59 Å². The number of carbonyl (C=O) groups is 2. The van der Waals surface area contributed by atoms with Gasteiger partial charge in [0.15, 0.2) is 6.10 Å². The van der Waals surface area contributed by atoms with E-state index in [2.05, 4.69) is 4.98 Å². The molecule has 3 heterocycles. The Morgan fingerprint density at radius 3 is 2.73 bits per heavy atom. The first kappa shape index (κ1) is 19.5. The van der Waals surface area contributed by atoms with Crippen molar-refractivity contribution in [2.75, 3.05) is 19.7 Å². The van der Waals surface area contributed by atoms with Gasteiger partial charge < -0.3 is 15.4 Å². The Balaban J connectivity index is 1.62. The molecule has 0 aliphatic carbocycles. The summed E-state index contributed by atoms with van der Waals surface area (Å²) in [6.45, 7) is 0.836. The van der Waals surface area contributed by atoms with Crippen molar-refractivity contribution in [3.8, 4) is 16.9 Å². The lowest BCUT2D eigenvalue weighted by Crippen LogP contribution is -2.50. The highest BCUT2D eigenvalue weighted by Gasteiger charge is 2.26. The molecule has 4 rings (SSSR count). The number of benzene rings is 1. The van der Waals surface area contributed by atoms with E-state index in [-0.39, 0.29) is 19.1 Å². The molecular weight excluding hydrogens is 382 g/mol. The average Bonchev–Trinajstić information content (AvgIpc) is 3.23. The van der Waals surface area contributed by atoms with Gasteiger partial charge in [-0.3, -0.25) is 14.6 Å². The van der Waals surface area contributed by atoms with E-state index in [0.717, 1.165) is 16.8 Å². The first-order valence-electron chi connectivity index (χ1n) is 9.55. The second-order valence-electron chi connectivity index (χ2n) is 6.83. The number of aromatic nitrogens is 3. The summed E-state index contributed by atoms with van der Waals surface area (Å²) in [5.41, 5.74) is 8.55. The molecule has 0 bridgehead atoms. The Morgan fingerprint density at radius 2 is 2.00 bits per heavy atom. The average molecular weight is 403 g/mol. The summed E-state index contributed by atoms with van der Waals surface area (Å²) >= 11 is 0. The lowest BCUT2D eigenvalue weighted by atomic mass is 10.1. The van der Waals surface area contributed by atoms with Crippen molar-refractivity contribution >= 4 is 17.9 Å². The third kappa shape index (κ3) is 4.28. The van der Waals surface area contributed by atoms with Gasteiger partial charge in [0.2, 0.25) is 11.8 Å². The standard InChI is InChI=1S/C22H21N5O3/c23-22(29)19-15-26(11-12-30-19)20(28)9-8-17-14-27(18-6-2-1-3-7-18)25-21(17)16-5-4-10-24-13-16/h1-10,13-14,19H,11-12,15H2,(H2,23,29). The van der Waals surface area contributed by atoms with Gasteiger partial charge in [-0.15, -0.1) is 0 Å². The van der Waals surface area contributed by atoms with E-state index in [1.165, 1.54) is 6.08 Å². The molecule has 2 N–H and O–H groups in total. The second kappa shape index (κ2) is 8.71. The number of hydrogen-bond donors (Lipinski definition) is 1. The number of amides is 2. The van der Waals surface area contributed by atoms with Crippen LogP contribution in [-0.2, 0) is 14.3 Å². The summed E-state index contributed by atoms with van der Waals surface area (Å²) in [6.07, 6.45) is 7.73. The molecule has 2 amide bonds. The molecule has 3 aromatic rings. The SMILES string of the molecule is NC(=O)C1CN(C(=O)C=Cc2cn(-c3ccccc3)nc2-c2cccnc2)CCO1. The molecule has 152 valence electrons. The number of rotatable bonds is 5. The summed E-state index contributed by atoms with van der Waals surface area (Å²) in [7, 11) is 0. The summed E-state index contributed by atoms with van der Waals surface area (Å²) in [5.74, 6) is -0.784. The zero-order valence-corrected chi connectivity index (χ0v) is 16.2. The third-order valence-electron chi connectivity index (χ3n) is 4.80. The molecule has 1 saturated heterocycles. The molecule has 1 aliphatic rings. The highest BCUT2D eigenvalue weighted by molar-refractivity contribution is 5.93. The zero-order chi connectivity index (χ0) is 20.9. The Morgan fingerprint density at radius 1 is 1.17 bits per heavy atom. The molecule has 2 aromatic heterocycles. The van der Waals surface area contributed by atoms with Crippen LogP contribution in [0.5, 0.6) is 0 Å². The Hall–Kier alpha value is -3.78. The fourth-order valence-electron chi connectivity index (χ4n) is 3.24. The number of para-hydroxylation sites is 1. The molecule has 1 aromatic carbocycles. The Labute approximate surface area is 173 Å². The quantitative estimate of drug-likeness (QED) is 0.653. The van der Waals surface area contributed by atoms with Gasteiger partial charge in [0.05, 0.1) is 18.8 Å². The Kier molecular flexibility index (Phi) is 5.67. The predicted molar refractivity (Wildman–Crippen MR) is 111 cm³/mol. The van der Waals surface area contributed by atoms with Gasteiger partial charge in [-0.1, -0.05) is 18.2 Å². The molecule has 1 atom stereocenters. The van der Waals surface area contributed by atoms with Gasteiger partial charge in [0.1, 0.15) is 5.69 Å². The van der Waals surface area contributed by atoms with Crippen LogP contribution in [0.1, 0.15) is 5.56 Å². The van der Waals surface area contributed by atoms with Crippen molar-refractivity contribution in [1.29, 1.82) is 0 Å². The minimum atomic E-state index is -0.775. The van der Waals surface area contributed by atoms with Crippen LogP contribution in [0.2, 0.25) is 0 Å². The first-order valence-corrected chi connectivity index (χ1v) is 9.55. The zero-order valence-electron chi connectivity index (χ0n) is 16.2. The smallest absolute Gasteiger partial charge is 0.248 e. The molecular formula is C22H21N5O3. The van der Waals surface area contributed by atoms with Crippen LogP contribution < -0.4 is 5.73 Å². The van der Waals surface area contributed by atoms with E-state index >= 15 is 0 Å². The minimum absolute atomic E-state index is 0.150. The largest absolute Gasteiger partial charge is 0.367 e. The van der Waals surface area contributed by atoms with Crippen molar-refractivity contribution in [2.45, 2.75) is 6.10 Å². The van der Waals surface area contributed by atoms with Gasteiger partial charge >= 0.3 is 0 Å². The molecule has 0 radical (unpaired) electrons. The Bertz CT molecular complexity index is 1060. The van der Waals surface area contributed by atoms with Gasteiger partial charge in [-0.2, -0.15) is 5.10 Å². The minimum Gasteiger partial charge on any atom is -0.367 e. The van der Waals surface area contributed by atoms with Crippen LogP contribution >= 0.6 is 0 Å². The molecule has 0 saturated carbocycles. The molecule has 8 nitrogen and oxygen atoms in total. The predicted octanol–water partition coefficient (Wildman–Crippen LogP) is 1.66. The molecule has 1 aliphatic heterocycles. The number of hydrogen-bond acceptors (Lipinski definition) is 5. The van der Waals surface area contributed by atoms with Crippen molar-refractivity contribution in [2.24, 2.45) is 5.73 Å². The molecule has 1 fully saturated rings. The summed E-state index contributed by atoms with van der Waals surface area (Å²) in [6, 6.07) is 13.5. The fraction of sp³-hybridized carbons (Fsp3) is 0.182. The van der Waals surface area contributed by atoms with Crippen LogP contribution in [-0.4, -0.2) is 57.3 Å². The van der Waals surface area contributed by atoms with E-state index < -0.39 is 12.0 Å². The molecule has 1 unspecified atom stereocenters. The summed E-state index contributed by atoms with van der Waals surface area (Å²) < 4.78 is 7.07. The van der Waals surface area contributed by atoms with Crippen LogP contribution in [0.25, 0.3) is 23.0 Å².